The number of halogens is 2. The second-order valence-electron chi connectivity index (χ2n) is 10.6. The molecule has 0 radical (unpaired) electrons. The normalized spacial score (nSPS) is 16.4. The molecule has 0 aliphatic carbocycles. The summed E-state index contributed by atoms with van der Waals surface area (Å²) in [6.45, 7) is 11.3. The van der Waals surface area contributed by atoms with Crippen molar-refractivity contribution in [1.82, 2.24) is 20.1 Å². The van der Waals surface area contributed by atoms with Gasteiger partial charge in [-0.05, 0) is 48.5 Å². The first-order valence-electron chi connectivity index (χ1n) is 13.6. The van der Waals surface area contributed by atoms with Gasteiger partial charge in [0, 0.05) is 60.7 Å². The van der Waals surface area contributed by atoms with Crippen molar-refractivity contribution < 1.29 is 18.3 Å². The highest BCUT2D eigenvalue weighted by molar-refractivity contribution is 6.00. The fourth-order valence-corrected chi connectivity index (χ4v) is 5.77. The molecule has 1 fully saturated rings. The molecule has 42 heavy (non-hydrogen) atoms. The van der Waals surface area contributed by atoms with Crippen LogP contribution in [-0.2, 0) is 6.61 Å². The molecule has 0 bridgehead atoms. The van der Waals surface area contributed by atoms with Crippen LogP contribution in [0.25, 0.3) is 38.1 Å². The van der Waals surface area contributed by atoms with E-state index in [1.54, 1.807) is 36.7 Å². The zero-order valence-electron chi connectivity index (χ0n) is 22.8. The molecule has 2 aliphatic rings. The highest BCUT2D eigenvalue weighted by Crippen LogP contribution is 2.43. The third kappa shape index (κ3) is 4.58. The first-order valence-corrected chi connectivity index (χ1v) is 13.6. The molecular weight excluding hydrogens is 538 g/mol. The molecule has 2 aromatic heterocycles. The van der Waals surface area contributed by atoms with Gasteiger partial charge in [-0.15, -0.1) is 0 Å². The van der Waals surface area contributed by atoms with E-state index in [4.69, 9.17) is 16.0 Å². The third-order valence-corrected chi connectivity index (χ3v) is 7.90. The van der Waals surface area contributed by atoms with Crippen molar-refractivity contribution in [2.24, 2.45) is 0 Å². The number of hydrogen-bond donors (Lipinski definition) is 1. The van der Waals surface area contributed by atoms with Gasteiger partial charge < -0.3 is 19.3 Å². The maximum absolute atomic E-state index is 15.5. The second-order valence-corrected chi connectivity index (χ2v) is 10.6. The summed E-state index contributed by atoms with van der Waals surface area (Å²) in [4.78, 5) is 12.2. The molecule has 8 nitrogen and oxygen atoms in total. The maximum atomic E-state index is 15.5. The number of fused-ring (bicyclic) bond motifs is 4. The van der Waals surface area contributed by atoms with Crippen molar-refractivity contribution >= 4 is 22.3 Å². The minimum Gasteiger partial charge on any atom is -0.489 e. The van der Waals surface area contributed by atoms with Crippen LogP contribution in [0.2, 0.25) is 0 Å². The molecule has 4 heterocycles. The van der Waals surface area contributed by atoms with Crippen molar-refractivity contribution in [2.45, 2.75) is 12.6 Å². The van der Waals surface area contributed by atoms with Gasteiger partial charge in [-0.1, -0.05) is 12.1 Å². The largest absolute Gasteiger partial charge is 0.489 e. The van der Waals surface area contributed by atoms with E-state index in [1.165, 1.54) is 0 Å². The number of aromatic nitrogens is 3. The summed E-state index contributed by atoms with van der Waals surface area (Å²) in [5.41, 5.74) is 3.83. The lowest BCUT2D eigenvalue weighted by molar-refractivity contribution is 0.188. The minimum atomic E-state index is -0.821. The van der Waals surface area contributed by atoms with Gasteiger partial charge in [0.15, 0.2) is 5.69 Å². The van der Waals surface area contributed by atoms with Gasteiger partial charge >= 0.3 is 0 Å². The highest BCUT2D eigenvalue weighted by atomic mass is 19.1. The molecule has 7 rings (SSSR count). The topological polar surface area (TPSA) is 70.9 Å². The average molecular weight is 565 g/mol. The summed E-state index contributed by atoms with van der Waals surface area (Å²) in [5.74, 6) is -0.811. The SMILES string of the molecule is [C-]#[N+]c1cc2[nH]nc(-c3ccc4c(c3)OCC3CN(C)CCN43)c2cc1-c1c(F)cc(OCc2ccncc2)cc1F. The Morgan fingerprint density at radius 3 is 2.67 bits per heavy atom. The van der Waals surface area contributed by atoms with E-state index in [9.17, 15) is 0 Å². The first-order chi connectivity index (χ1) is 20.5. The van der Waals surface area contributed by atoms with Crippen molar-refractivity contribution in [3.63, 3.8) is 0 Å². The van der Waals surface area contributed by atoms with Crippen molar-refractivity contribution in [3.05, 3.63) is 95.6 Å². The van der Waals surface area contributed by atoms with Gasteiger partial charge in [-0.25, -0.2) is 13.6 Å². The lowest BCUT2D eigenvalue weighted by Gasteiger charge is -2.44. The van der Waals surface area contributed by atoms with E-state index in [0.29, 0.717) is 29.2 Å². The predicted octanol–water partition coefficient (Wildman–Crippen LogP) is 6.21. The lowest BCUT2D eigenvalue weighted by Crippen LogP contribution is -2.56. The van der Waals surface area contributed by atoms with E-state index >= 15 is 8.78 Å². The van der Waals surface area contributed by atoms with Crippen LogP contribution in [0.15, 0.2) is 67.0 Å². The van der Waals surface area contributed by atoms with E-state index in [0.717, 1.165) is 54.3 Å². The van der Waals surface area contributed by atoms with Crippen LogP contribution in [-0.4, -0.2) is 59.4 Å². The van der Waals surface area contributed by atoms with Crippen LogP contribution in [0.4, 0.5) is 20.2 Å². The Hall–Kier alpha value is -5.01. The number of piperazine rings is 1. The molecule has 1 atom stereocenters. The monoisotopic (exact) mass is 564 g/mol. The number of pyridine rings is 1. The molecular formula is C32H26F2N6O2. The maximum Gasteiger partial charge on any atom is 0.197 e. The van der Waals surface area contributed by atoms with Gasteiger partial charge in [0.05, 0.1) is 29.5 Å². The van der Waals surface area contributed by atoms with Crippen molar-refractivity contribution in [3.8, 4) is 33.9 Å². The summed E-state index contributed by atoms with van der Waals surface area (Å²) in [7, 11) is 2.12. The molecule has 0 spiro atoms. The fraction of sp³-hybridized carbons (Fsp3) is 0.219. The minimum absolute atomic E-state index is 0.0525. The Morgan fingerprint density at radius 1 is 1.07 bits per heavy atom. The summed E-state index contributed by atoms with van der Waals surface area (Å²) in [6, 6.07) is 15.3. The zero-order valence-corrected chi connectivity index (χ0v) is 22.8. The molecule has 2 aliphatic heterocycles. The van der Waals surface area contributed by atoms with Crippen molar-refractivity contribution in [1.29, 1.82) is 0 Å². The number of aromatic amines is 1. The lowest BCUT2D eigenvalue weighted by atomic mass is 9.98. The zero-order chi connectivity index (χ0) is 28.8. The fourth-order valence-electron chi connectivity index (χ4n) is 5.77. The summed E-state index contributed by atoms with van der Waals surface area (Å²) < 4.78 is 42.7. The number of hydrogen-bond acceptors (Lipinski definition) is 6. The molecule has 1 unspecified atom stereocenters. The van der Waals surface area contributed by atoms with E-state index in [-0.39, 0.29) is 29.2 Å². The number of benzene rings is 3. The first kappa shape index (κ1) is 25.9. The Labute approximate surface area is 240 Å². The molecule has 1 N–H and O–H groups in total. The number of anilines is 1. The smallest absolute Gasteiger partial charge is 0.197 e. The number of nitrogens with one attached hydrogen (secondary N) is 1. The number of rotatable bonds is 5. The summed E-state index contributed by atoms with van der Waals surface area (Å²) in [5, 5.41) is 8.13. The number of nitrogens with zero attached hydrogens (tertiary/aromatic N) is 5. The Bertz CT molecular complexity index is 1830. The number of likely N-dealkylation sites (N-methyl/N-ethyl adjacent to an activating group) is 1. The van der Waals surface area contributed by atoms with E-state index in [2.05, 4.69) is 36.9 Å². The quantitative estimate of drug-likeness (QED) is 0.256. The van der Waals surface area contributed by atoms with Gasteiger partial charge in [0.25, 0.3) is 0 Å². The molecule has 0 saturated carbocycles. The van der Waals surface area contributed by atoms with Crippen LogP contribution in [0.3, 0.4) is 0 Å². The number of H-pyrrole nitrogens is 1. The van der Waals surface area contributed by atoms with Crippen LogP contribution < -0.4 is 14.4 Å². The van der Waals surface area contributed by atoms with Gasteiger partial charge in [-0.3, -0.25) is 10.1 Å². The van der Waals surface area contributed by atoms with Crippen LogP contribution >= 0.6 is 0 Å². The van der Waals surface area contributed by atoms with Crippen LogP contribution in [0.1, 0.15) is 5.56 Å². The molecule has 5 aromatic rings. The summed E-state index contributed by atoms with van der Waals surface area (Å²) in [6.07, 6.45) is 3.24. The number of ether oxygens (including phenoxy) is 2. The van der Waals surface area contributed by atoms with Crippen molar-refractivity contribution in [2.75, 3.05) is 38.2 Å². The molecule has 210 valence electrons. The highest BCUT2D eigenvalue weighted by Gasteiger charge is 2.32. The predicted molar refractivity (Wildman–Crippen MR) is 156 cm³/mol. The molecule has 10 heteroatoms. The molecule has 0 amide bonds. The summed E-state index contributed by atoms with van der Waals surface area (Å²) >= 11 is 0. The third-order valence-electron chi connectivity index (χ3n) is 7.90. The Kier molecular flexibility index (Phi) is 6.44. The van der Waals surface area contributed by atoms with E-state index < -0.39 is 11.6 Å². The van der Waals surface area contributed by atoms with Crippen LogP contribution in [0, 0.1) is 18.2 Å². The van der Waals surface area contributed by atoms with Crippen LogP contribution in [0.5, 0.6) is 11.5 Å². The Balaban J connectivity index is 1.24. The van der Waals surface area contributed by atoms with Gasteiger partial charge in [-0.2, -0.15) is 5.10 Å². The standard InChI is InChI=1S/C32H26F2N6O2/c1-35-27-15-28-24(14-23(27)31-25(33)12-22(13-26(31)34)41-17-19-5-7-36-8-6-19)32(38-37-28)20-3-4-29-30(11-20)42-18-21-16-39(2)9-10-40(21)29/h3-8,11-15,21H,9-10,16-18H2,2H3,(H,37,38). The molecule has 3 aromatic carbocycles. The molecule has 1 saturated heterocycles. The van der Waals surface area contributed by atoms with Gasteiger partial charge in [0.2, 0.25) is 0 Å². The Morgan fingerprint density at radius 2 is 1.88 bits per heavy atom. The van der Waals surface area contributed by atoms with E-state index in [1.807, 2.05) is 18.2 Å². The second kappa shape index (κ2) is 10.4. The van der Waals surface area contributed by atoms with Gasteiger partial charge in [0.1, 0.15) is 36.3 Å². The average Bonchev–Trinajstić information content (AvgIpc) is 3.42.